The Bertz CT molecular complexity index is 164. The number of aliphatic hydroxyl groups is 3. The van der Waals surface area contributed by atoms with Gasteiger partial charge in [0.05, 0.1) is 24.4 Å². The molecule has 4 N–H and O–H groups in total. The Kier molecular flexibility index (Phi) is 1.64. The molecule has 0 amide bonds. The van der Waals surface area contributed by atoms with Crippen LogP contribution < -0.4 is 5.32 Å². The van der Waals surface area contributed by atoms with Crippen LogP contribution in [-0.2, 0) is 0 Å². The minimum atomic E-state index is -0.794. The van der Waals surface area contributed by atoms with E-state index in [2.05, 4.69) is 5.32 Å². The van der Waals surface area contributed by atoms with Crippen molar-refractivity contribution in [3.8, 4) is 0 Å². The highest BCUT2D eigenvalue weighted by Crippen LogP contribution is 2.27. The highest BCUT2D eigenvalue weighted by Gasteiger charge is 2.47. The summed E-state index contributed by atoms with van der Waals surface area (Å²) in [5.74, 6) is 0. The second-order valence-electron chi connectivity index (χ2n) is 3.42. The molecule has 2 fully saturated rings. The van der Waals surface area contributed by atoms with Crippen molar-refractivity contribution in [1.82, 2.24) is 5.32 Å². The molecule has 2 aliphatic rings. The second kappa shape index (κ2) is 2.42. The first-order chi connectivity index (χ1) is 5.20. The molecule has 5 unspecified atom stereocenters. The van der Waals surface area contributed by atoms with Gasteiger partial charge in [-0.25, -0.2) is 0 Å². The van der Waals surface area contributed by atoms with Crippen molar-refractivity contribution in [1.29, 1.82) is 0 Å². The van der Waals surface area contributed by atoms with Gasteiger partial charge in [0, 0.05) is 6.04 Å². The average molecular weight is 159 g/mol. The fourth-order valence-electron chi connectivity index (χ4n) is 2.02. The smallest absolute Gasteiger partial charge is 0.0992 e. The van der Waals surface area contributed by atoms with Gasteiger partial charge in [0.15, 0.2) is 0 Å². The first-order valence-electron chi connectivity index (χ1n) is 4.00. The molecule has 2 bridgehead atoms. The minimum absolute atomic E-state index is 0.0154. The Hall–Kier alpha value is -0.160. The lowest BCUT2D eigenvalue weighted by molar-refractivity contribution is 0.0112. The van der Waals surface area contributed by atoms with Crippen molar-refractivity contribution in [2.24, 2.45) is 0 Å². The van der Waals surface area contributed by atoms with Crippen LogP contribution in [0.5, 0.6) is 0 Å². The fourth-order valence-corrected chi connectivity index (χ4v) is 2.02. The van der Waals surface area contributed by atoms with Crippen LogP contribution >= 0.6 is 0 Å². The SMILES string of the molecule is OC1CCC2NC1C(O)C2O. The molecule has 0 aromatic heterocycles. The molecule has 4 heteroatoms. The number of fused-ring (bicyclic) bond motifs is 2. The summed E-state index contributed by atoms with van der Waals surface area (Å²) in [6, 6.07) is -0.331. The highest BCUT2D eigenvalue weighted by atomic mass is 16.3. The number of piperidine rings is 1. The van der Waals surface area contributed by atoms with Gasteiger partial charge < -0.3 is 20.6 Å². The normalized spacial score (nSPS) is 56.5. The van der Waals surface area contributed by atoms with E-state index in [1.54, 1.807) is 0 Å². The molecule has 0 aliphatic carbocycles. The number of nitrogens with one attached hydrogen (secondary N) is 1. The molecule has 0 aromatic carbocycles. The molecule has 2 rings (SSSR count). The van der Waals surface area contributed by atoms with Gasteiger partial charge in [0.25, 0.3) is 0 Å². The van der Waals surface area contributed by atoms with Crippen molar-refractivity contribution in [3.05, 3.63) is 0 Å². The minimum Gasteiger partial charge on any atom is -0.391 e. The summed E-state index contributed by atoms with van der Waals surface area (Å²) in [5, 5.41) is 31.1. The van der Waals surface area contributed by atoms with Gasteiger partial charge in [-0.1, -0.05) is 0 Å². The molecule has 4 nitrogen and oxygen atoms in total. The van der Waals surface area contributed by atoms with Crippen LogP contribution in [0.1, 0.15) is 12.8 Å². The van der Waals surface area contributed by atoms with Gasteiger partial charge in [-0.3, -0.25) is 0 Å². The lowest BCUT2D eigenvalue weighted by atomic mass is 10.0. The molecular weight excluding hydrogens is 146 g/mol. The van der Waals surface area contributed by atoms with Gasteiger partial charge in [-0.2, -0.15) is 0 Å². The standard InChI is InChI=1S/C7H13NO3/c9-4-2-1-3-6(10)7(11)5(4)8-3/h3-11H,1-2H2. The Balaban J connectivity index is 2.16. The van der Waals surface area contributed by atoms with Crippen LogP contribution in [-0.4, -0.2) is 45.7 Å². The maximum Gasteiger partial charge on any atom is 0.0992 e. The van der Waals surface area contributed by atoms with E-state index in [9.17, 15) is 15.3 Å². The number of aliphatic hydroxyl groups excluding tert-OH is 3. The van der Waals surface area contributed by atoms with Crippen LogP contribution in [0, 0.1) is 0 Å². The third-order valence-electron chi connectivity index (χ3n) is 2.72. The summed E-state index contributed by atoms with van der Waals surface area (Å²) in [6.45, 7) is 0. The molecule has 0 spiro atoms. The number of hydrogen-bond acceptors (Lipinski definition) is 4. The highest BCUT2D eigenvalue weighted by molar-refractivity contribution is 5.04. The van der Waals surface area contributed by atoms with Crippen molar-refractivity contribution in [2.45, 2.75) is 43.2 Å². The van der Waals surface area contributed by atoms with E-state index in [-0.39, 0.29) is 12.1 Å². The van der Waals surface area contributed by atoms with E-state index in [1.807, 2.05) is 0 Å². The molecule has 2 heterocycles. The molecule has 2 aliphatic heterocycles. The topological polar surface area (TPSA) is 72.7 Å². The van der Waals surface area contributed by atoms with Crippen molar-refractivity contribution < 1.29 is 15.3 Å². The van der Waals surface area contributed by atoms with Gasteiger partial charge in [-0.05, 0) is 12.8 Å². The van der Waals surface area contributed by atoms with Crippen LogP contribution in [0.3, 0.4) is 0 Å². The summed E-state index contributed by atoms with van der Waals surface area (Å²) in [5.41, 5.74) is 0. The van der Waals surface area contributed by atoms with Crippen molar-refractivity contribution >= 4 is 0 Å². The molecule has 64 valence electrons. The largest absolute Gasteiger partial charge is 0.391 e. The van der Waals surface area contributed by atoms with Crippen molar-refractivity contribution in [3.63, 3.8) is 0 Å². The predicted octanol–water partition coefficient (Wildman–Crippen LogP) is -1.80. The summed E-state index contributed by atoms with van der Waals surface area (Å²) in [7, 11) is 0. The van der Waals surface area contributed by atoms with E-state index in [1.165, 1.54) is 0 Å². The van der Waals surface area contributed by atoms with E-state index < -0.39 is 18.3 Å². The summed E-state index contributed by atoms with van der Waals surface area (Å²) in [6.07, 6.45) is -0.570. The summed E-state index contributed by atoms with van der Waals surface area (Å²) in [4.78, 5) is 0. The monoisotopic (exact) mass is 159 g/mol. The zero-order valence-electron chi connectivity index (χ0n) is 6.14. The first-order valence-corrected chi connectivity index (χ1v) is 4.00. The Morgan fingerprint density at radius 2 is 1.73 bits per heavy atom. The third kappa shape index (κ3) is 0.980. The van der Waals surface area contributed by atoms with E-state index in [0.717, 1.165) is 6.42 Å². The summed E-state index contributed by atoms with van der Waals surface area (Å²) >= 11 is 0. The number of rotatable bonds is 0. The first kappa shape index (κ1) is 7.49. The maximum absolute atomic E-state index is 9.37. The van der Waals surface area contributed by atoms with Gasteiger partial charge in [0.2, 0.25) is 0 Å². The molecule has 0 radical (unpaired) electrons. The molecule has 5 atom stereocenters. The Labute approximate surface area is 64.8 Å². The zero-order valence-corrected chi connectivity index (χ0v) is 6.14. The maximum atomic E-state index is 9.37. The van der Waals surface area contributed by atoms with Crippen LogP contribution in [0.2, 0.25) is 0 Å². The van der Waals surface area contributed by atoms with Gasteiger partial charge in [0.1, 0.15) is 0 Å². The molecule has 2 saturated heterocycles. The van der Waals surface area contributed by atoms with Gasteiger partial charge >= 0.3 is 0 Å². The summed E-state index contributed by atoms with van der Waals surface area (Å²) < 4.78 is 0. The van der Waals surface area contributed by atoms with E-state index in [0.29, 0.717) is 6.42 Å². The second-order valence-corrected chi connectivity index (χ2v) is 3.42. The molecule has 11 heavy (non-hydrogen) atoms. The fraction of sp³-hybridized carbons (Fsp3) is 1.00. The zero-order chi connectivity index (χ0) is 8.01. The van der Waals surface area contributed by atoms with Crippen LogP contribution in [0.4, 0.5) is 0 Å². The Morgan fingerprint density at radius 3 is 2.36 bits per heavy atom. The molecule has 0 aromatic rings. The quantitative estimate of drug-likeness (QED) is 0.336. The van der Waals surface area contributed by atoms with Crippen LogP contribution in [0.25, 0.3) is 0 Å². The third-order valence-corrected chi connectivity index (χ3v) is 2.72. The van der Waals surface area contributed by atoms with Crippen LogP contribution in [0.15, 0.2) is 0 Å². The van der Waals surface area contributed by atoms with Crippen molar-refractivity contribution in [2.75, 3.05) is 0 Å². The number of hydrogen-bond donors (Lipinski definition) is 4. The molecule has 0 saturated carbocycles. The average Bonchev–Trinajstić information content (AvgIpc) is 2.24. The predicted molar refractivity (Wildman–Crippen MR) is 38.0 cm³/mol. The van der Waals surface area contributed by atoms with Gasteiger partial charge in [-0.15, -0.1) is 0 Å². The Morgan fingerprint density at radius 1 is 1.00 bits per heavy atom. The van der Waals surface area contributed by atoms with E-state index in [4.69, 9.17) is 0 Å². The lowest BCUT2D eigenvalue weighted by Crippen LogP contribution is -2.47. The lowest BCUT2D eigenvalue weighted by Gasteiger charge is -2.26. The molecular formula is C7H13NO3. The van der Waals surface area contributed by atoms with E-state index >= 15 is 0 Å².